The second kappa shape index (κ2) is 18.8. The van der Waals surface area contributed by atoms with Crippen LogP contribution in [0.3, 0.4) is 0 Å². The maximum atomic E-state index is 18.2. The fourth-order valence-corrected chi connectivity index (χ4v) is 10.9. The fraction of sp³-hybridized carbons (Fsp3) is 0.583. The van der Waals surface area contributed by atoms with Gasteiger partial charge >= 0.3 is 12.1 Å². The molecule has 3 aromatic rings. The predicted octanol–water partition coefficient (Wildman–Crippen LogP) is 7.46. The molecule has 2 saturated carbocycles. The van der Waals surface area contributed by atoms with Crippen LogP contribution in [0.5, 0.6) is 17.4 Å². The molecular formula is C48H62F2N6O10S. The van der Waals surface area contributed by atoms with Crippen LogP contribution in [-0.2, 0) is 24.4 Å². The number of carbonyl (C=O) groups is 4. The van der Waals surface area contributed by atoms with Gasteiger partial charge in [0.1, 0.15) is 29.1 Å². The average Bonchev–Trinajstić information content (AvgIpc) is 4.21. The molecule has 2 aromatic heterocycles. The standard InChI is InChI=1S/C48H62F2N6O10S/c1-9-29(6)55(45(60)61)40-30(10-2)21-28(5)13-11-12-14-32-24-47(32,44(59)54-67(62,63)35-17-18-35)53-41(57)39-25-46(7,48(49,50)56(39)43(40)58)66-42-36-19-15-33(64-8)22-31(36)23-38(52-42)37-20-16-34(26-51-37)65-27(3)4/h12,14-16,19-20,22-23,26-30,32,35,39-40H,9-11,13,17-18,21,24-25H2,1-8H3,(H,53,57)(H,54,59)(H,60,61)/b14-12-/t28-,29?,30+,32+,39-,40-,46+,47+/m0/s1. The Bertz CT molecular complexity index is 2520. The van der Waals surface area contributed by atoms with Crippen molar-refractivity contribution in [3.05, 3.63) is 54.7 Å². The molecule has 1 aromatic carbocycles. The Balaban J connectivity index is 1.37. The van der Waals surface area contributed by atoms with Gasteiger partial charge in [-0.25, -0.2) is 18.2 Å². The number of nitrogens with one attached hydrogen (secondary N) is 2. The third-order valence-corrected chi connectivity index (χ3v) is 15.6. The van der Waals surface area contributed by atoms with E-state index in [-0.39, 0.29) is 53.1 Å². The topological polar surface area (TPSA) is 207 Å². The Kier molecular flexibility index (Phi) is 13.9. The molecule has 3 fully saturated rings. The predicted molar refractivity (Wildman–Crippen MR) is 245 cm³/mol. The number of ether oxygens (including phenoxy) is 3. The van der Waals surface area contributed by atoms with E-state index >= 15 is 13.6 Å². The molecule has 2 aliphatic carbocycles. The highest BCUT2D eigenvalue weighted by Gasteiger charge is 2.71. The number of methoxy groups -OCH3 is 1. The van der Waals surface area contributed by atoms with E-state index in [1.807, 2.05) is 26.8 Å². The second-order valence-electron chi connectivity index (χ2n) is 19.1. The first-order valence-corrected chi connectivity index (χ1v) is 24.7. The number of benzene rings is 1. The molecule has 0 bridgehead atoms. The van der Waals surface area contributed by atoms with Gasteiger partial charge in [-0.3, -0.25) is 33.9 Å². The minimum absolute atomic E-state index is 0.0340. The lowest BCUT2D eigenvalue weighted by Gasteiger charge is -2.43. The van der Waals surface area contributed by atoms with Crippen LogP contribution in [0.15, 0.2) is 54.7 Å². The molecule has 7 rings (SSSR count). The molecule has 2 aliphatic heterocycles. The van der Waals surface area contributed by atoms with Crippen molar-refractivity contribution in [2.24, 2.45) is 17.8 Å². The van der Waals surface area contributed by atoms with E-state index < -0.39 is 92.7 Å². The van der Waals surface area contributed by atoms with Gasteiger partial charge in [0.2, 0.25) is 21.8 Å². The van der Waals surface area contributed by atoms with Crippen molar-refractivity contribution >= 4 is 44.6 Å². The summed E-state index contributed by atoms with van der Waals surface area (Å²) in [7, 11) is -2.63. The number of nitrogens with zero attached hydrogens (tertiary/aromatic N) is 4. The van der Waals surface area contributed by atoms with E-state index in [9.17, 15) is 27.9 Å². The highest BCUT2D eigenvalue weighted by molar-refractivity contribution is 7.91. The second-order valence-corrected chi connectivity index (χ2v) is 21.1. The number of halogens is 2. The van der Waals surface area contributed by atoms with Gasteiger partial charge in [-0.05, 0) is 126 Å². The van der Waals surface area contributed by atoms with E-state index in [0.29, 0.717) is 54.7 Å². The smallest absolute Gasteiger partial charge is 0.408 e. The number of hydrogen-bond acceptors (Lipinski definition) is 11. The third kappa shape index (κ3) is 9.75. The number of sulfonamides is 1. The molecule has 1 saturated heterocycles. The van der Waals surface area contributed by atoms with Gasteiger partial charge in [0, 0.05) is 23.8 Å². The molecule has 4 heterocycles. The molecular weight excluding hydrogens is 891 g/mol. The highest BCUT2D eigenvalue weighted by atomic mass is 32.2. The minimum atomic E-state index is -4.35. The SMILES string of the molecule is CCC(C)N(C(=O)O)[C@@H]1C(=O)N2[C@@H](C[C@@](C)(Oc3nc(-c4ccc(OC(C)C)cn4)cc4cc(OC)ccc34)C2(F)F)C(=O)N[C@]2(C(=O)NS(=O)(=O)C3CC3)C[C@H]2/C=C\CC[C@H](C)C[C@H]1CC. The van der Waals surface area contributed by atoms with E-state index in [1.54, 1.807) is 63.2 Å². The number of allylic oxidation sites excluding steroid dienone is 1. The van der Waals surface area contributed by atoms with Crippen LogP contribution >= 0.6 is 0 Å². The van der Waals surface area contributed by atoms with Gasteiger partial charge in [0.15, 0.2) is 5.60 Å². The van der Waals surface area contributed by atoms with Crippen molar-refractivity contribution in [3.63, 3.8) is 0 Å². The Morgan fingerprint density at radius 1 is 1.04 bits per heavy atom. The summed E-state index contributed by atoms with van der Waals surface area (Å²) in [6, 6.07) is 1.02. The maximum Gasteiger partial charge on any atom is 0.408 e. The number of alkyl halides is 2. The fourth-order valence-electron chi connectivity index (χ4n) is 9.50. The van der Waals surface area contributed by atoms with Crippen molar-refractivity contribution in [1.82, 2.24) is 29.8 Å². The Labute approximate surface area is 390 Å². The van der Waals surface area contributed by atoms with E-state index in [2.05, 4.69) is 15.0 Å². The molecule has 16 nitrogen and oxygen atoms in total. The van der Waals surface area contributed by atoms with Crippen LogP contribution in [0.25, 0.3) is 22.2 Å². The number of amides is 4. The molecule has 4 aliphatic rings. The summed E-state index contributed by atoms with van der Waals surface area (Å²) in [6.07, 6.45) is 5.16. The Morgan fingerprint density at radius 2 is 1.76 bits per heavy atom. The summed E-state index contributed by atoms with van der Waals surface area (Å²) in [5.74, 6) is -4.39. The summed E-state index contributed by atoms with van der Waals surface area (Å²) in [4.78, 5) is 68.0. The van der Waals surface area contributed by atoms with Crippen molar-refractivity contribution < 1.29 is 55.7 Å². The summed E-state index contributed by atoms with van der Waals surface area (Å²) < 4.78 is 82.3. The van der Waals surface area contributed by atoms with Crippen molar-refractivity contribution in [1.29, 1.82) is 0 Å². The molecule has 0 radical (unpaired) electrons. The maximum absolute atomic E-state index is 18.2. The van der Waals surface area contributed by atoms with Gasteiger partial charge in [-0.1, -0.05) is 39.3 Å². The molecule has 1 unspecified atom stereocenters. The average molecular weight is 953 g/mol. The number of hydrogen-bond donors (Lipinski definition) is 3. The number of rotatable bonds is 13. The molecule has 67 heavy (non-hydrogen) atoms. The number of pyridine rings is 2. The zero-order valence-electron chi connectivity index (χ0n) is 39.3. The number of fused-ring (bicyclic) bond motifs is 3. The summed E-state index contributed by atoms with van der Waals surface area (Å²) >= 11 is 0. The van der Waals surface area contributed by atoms with Crippen LogP contribution in [0.4, 0.5) is 13.6 Å². The Morgan fingerprint density at radius 3 is 2.37 bits per heavy atom. The molecule has 0 spiro atoms. The Hall–Kier alpha value is -5.59. The zero-order valence-corrected chi connectivity index (χ0v) is 40.1. The summed E-state index contributed by atoms with van der Waals surface area (Å²) in [5, 5.41) is 13.4. The first-order valence-electron chi connectivity index (χ1n) is 23.2. The summed E-state index contributed by atoms with van der Waals surface area (Å²) in [5.41, 5.74) is -4.01. The van der Waals surface area contributed by atoms with Crippen LogP contribution in [-0.4, -0.2) is 111 Å². The van der Waals surface area contributed by atoms with Gasteiger partial charge in [-0.2, -0.15) is 8.78 Å². The normalized spacial score (nSPS) is 28.5. The van der Waals surface area contributed by atoms with Gasteiger partial charge in [-0.15, -0.1) is 0 Å². The lowest BCUT2D eigenvalue weighted by Crippen LogP contribution is -2.64. The minimum Gasteiger partial charge on any atom is -0.497 e. The van der Waals surface area contributed by atoms with Crippen LogP contribution in [0.1, 0.15) is 106 Å². The highest BCUT2D eigenvalue weighted by Crippen LogP contribution is 2.51. The van der Waals surface area contributed by atoms with Gasteiger partial charge < -0.3 is 24.6 Å². The molecule has 3 N–H and O–H groups in total. The van der Waals surface area contributed by atoms with Crippen LogP contribution in [0.2, 0.25) is 0 Å². The van der Waals surface area contributed by atoms with Crippen molar-refractivity contribution in [2.75, 3.05) is 7.11 Å². The molecule has 4 amide bonds. The first-order chi connectivity index (χ1) is 31.6. The number of aromatic nitrogens is 2. The van der Waals surface area contributed by atoms with Gasteiger partial charge in [0.05, 0.1) is 36.0 Å². The molecule has 19 heteroatoms. The van der Waals surface area contributed by atoms with E-state index in [4.69, 9.17) is 19.2 Å². The third-order valence-electron chi connectivity index (χ3n) is 13.7. The monoisotopic (exact) mass is 952 g/mol. The van der Waals surface area contributed by atoms with E-state index in [0.717, 1.165) is 11.8 Å². The quantitative estimate of drug-likeness (QED) is 0.113. The molecule has 8 atom stereocenters. The molecule has 364 valence electrons. The number of carboxylic acid groups (broad SMARTS) is 1. The number of carbonyl (C=O) groups excluding carboxylic acids is 3. The van der Waals surface area contributed by atoms with Crippen LogP contribution in [0, 0.1) is 17.8 Å². The lowest BCUT2D eigenvalue weighted by molar-refractivity contribution is -0.219. The largest absolute Gasteiger partial charge is 0.497 e. The van der Waals surface area contributed by atoms with Crippen molar-refractivity contribution in [2.45, 2.75) is 153 Å². The lowest BCUT2D eigenvalue weighted by atomic mass is 9.83. The van der Waals surface area contributed by atoms with Crippen molar-refractivity contribution in [3.8, 4) is 28.8 Å². The summed E-state index contributed by atoms with van der Waals surface area (Å²) in [6.45, 7) is 11.8. The van der Waals surface area contributed by atoms with Gasteiger partial charge in [0.25, 0.3) is 11.8 Å². The van der Waals surface area contributed by atoms with Crippen LogP contribution < -0.4 is 24.2 Å². The van der Waals surface area contributed by atoms with E-state index in [1.165, 1.54) is 13.3 Å². The first kappa shape index (κ1) is 49.3. The zero-order chi connectivity index (χ0) is 48.8.